The zero-order chi connectivity index (χ0) is 27.8. The molecule has 0 bridgehead atoms. The van der Waals surface area contributed by atoms with Gasteiger partial charge in [0.2, 0.25) is 0 Å². The summed E-state index contributed by atoms with van der Waals surface area (Å²) in [6.45, 7) is 0. The van der Waals surface area contributed by atoms with Crippen molar-refractivity contribution in [2.45, 2.75) is 11.1 Å². The van der Waals surface area contributed by atoms with Crippen molar-refractivity contribution in [3.8, 4) is 16.8 Å². The first-order valence-electron chi connectivity index (χ1n) is 10.8. The molecule has 4 N–H and O–H groups in total. The van der Waals surface area contributed by atoms with Crippen LogP contribution in [0.5, 0.6) is 0 Å². The van der Waals surface area contributed by atoms with E-state index in [0.29, 0.717) is 22.3 Å². The summed E-state index contributed by atoms with van der Waals surface area (Å²) in [5.74, 6) is 5.45. The maximum Gasteiger partial charge on any atom is 0.434 e. The number of nitrogens with two attached hydrogens (primary N) is 2. The van der Waals surface area contributed by atoms with Gasteiger partial charge in [0, 0.05) is 29.2 Å². The molecular weight excluding hydrogens is 546 g/mol. The molecule has 7 nitrogen and oxygen atoms in total. The van der Waals surface area contributed by atoms with Crippen LogP contribution in [0.3, 0.4) is 0 Å². The number of halogens is 5. The highest BCUT2D eigenvalue weighted by atomic mass is 35.5. The van der Waals surface area contributed by atoms with Crippen molar-refractivity contribution < 1.29 is 26.0 Å². The van der Waals surface area contributed by atoms with Crippen molar-refractivity contribution in [3.63, 3.8) is 0 Å². The van der Waals surface area contributed by atoms with Gasteiger partial charge in [-0.2, -0.15) is 13.2 Å². The Kier molecular flexibility index (Phi) is 7.24. The van der Waals surface area contributed by atoms with E-state index >= 15 is 4.39 Å². The minimum atomic E-state index is -4.76. The van der Waals surface area contributed by atoms with E-state index in [-0.39, 0.29) is 27.5 Å². The van der Waals surface area contributed by atoms with Crippen LogP contribution in [-0.2, 0) is 16.0 Å². The Balaban J connectivity index is 1.95. The molecular formula is C25H20ClF4N5O2S. The van der Waals surface area contributed by atoms with Crippen molar-refractivity contribution in [1.82, 2.24) is 9.55 Å². The van der Waals surface area contributed by atoms with Crippen LogP contribution < -0.4 is 16.6 Å². The first-order chi connectivity index (χ1) is 17.8. The molecule has 1 heterocycles. The molecule has 0 aliphatic rings. The van der Waals surface area contributed by atoms with Crippen LogP contribution in [0.2, 0.25) is 5.02 Å². The Labute approximate surface area is 220 Å². The van der Waals surface area contributed by atoms with E-state index in [0.717, 1.165) is 34.4 Å². The zero-order valence-electron chi connectivity index (χ0n) is 19.6. The predicted octanol–water partition coefficient (Wildman–Crippen LogP) is 5.39. The number of benzene rings is 3. The van der Waals surface area contributed by atoms with Crippen molar-refractivity contribution in [2.24, 2.45) is 11.6 Å². The second-order valence-corrected chi connectivity index (χ2v) is 10.7. The molecule has 4 rings (SSSR count). The Morgan fingerprint density at radius 3 is 2.34 bits per heavy atom. The normalized spacial score (nSPS) is 12.6. The second kappa shape index (κ2) is 10.1. The minimum absolute atomic E-state index is 0.00113. The van der Waals surface area contributed by atoms with Gasteiger partial charge in [-0.1, -0.05) is 35.9 Å². The highest BCUT2D eigenvalue weighted by Gasteiger charge is 2.34. The first-order valence-corrected chi connectivity index (χ1v) is 13.0. The Bertz CT molecular complexity index is 1630. The largest absolute Gasteiger partial charge is 0.434 e. The van der Waals surface area contributed by atoms with E-state index in [1.165, 1.54) is 24.3 Å². The highest BCUT2D eigenvalue weighted by molar-refractivity contribution is 7.90. The number of aromatic nitrogens is 2. The number of sulfone groups is 1. The van der Waals surface area contributed by atoms with Crippen LogP contribution in [-0.4, -0.2) is 24.2 Å². The smallest absolute Gasteiger partial charge is 0.403 e. The van der Waals surface area contributed by atoms with E-state index in [1.54, 1.807) is 30.3 Å². The number of rotatable bonds is 6. The molecule has 0 atom stereocenters. The molecule has 198 valence electrons. The zero-order valence-corrected chi connectivity index (χ0v) is 21.2. The molecule has 0 aliphatic heterocycles. The summed E-state index contributed by atoms with van der Waals surface area (Å²) in [4.78, 5) is 3.35. The Hall–Kier alpha value is -3.87. The lowest BCUT2D eigenvalue weighted by atomic mass is 10.0. The van der Waals surface area contributed by atoms with Gasteiger partial charge in [-0.05, 0) is 47.5 Å². The average Bonchev–Trinajstić information content (AvgIpc) is 3.35. The van der Waals surface area contributed by atoms with Crippen molar-refractivity contribution in [1.29, 1.82) is 0 Å². The molecule has 1 aromatic heterocycles. The molecule has 0 unspecified atom stereocenters. The standard InChI is InChI=1S/C25H20ClF4N5O2S/c1-38(36,37)19-4-2-3-16(9-19)17-10-20(27)24(34-13-23(33-14-34)25(28,29)30)21(11-17)35(32)22(12-31)15-5-7-18(26)8-6-15/h2-14H,31-32H2,1H3/b22-12-. The predicted molar refractivity (Wildman–Crippen MR) is 137 cm³/mol. The minimum Gasteiger partial charge on any atom is -0.403 e. The molecule has 0 aliphatic carbocycles. The number of imidazole rings is 1. The number of alkyl halides is 3. The van der Waals surface area contributed by atoms with Crippen molar-refractivity contribution in [3.05, 3.63) is 101 Å². The van der Waals surface area contributed by atoms with Crippen molar-refractivity contribution in [2.75, 3.05) is 11.3 Å². The summed E-state index contributed by atoms with van der Waals surface area (Å²) < 4.78 is 80.4. The van der Waals surface area contributed by atoms with Crippen molar-refractivity contribution >= 4 is 32.8 Å². The summed E-state index contributed by atoms with van der Waals surface area (Å²) in [6, 6.07) is 14.6. The molecule has 13 heteroatoms. The lowest BCUT2D eigenvalue weighted by Gasteiger charge is -2.26. The van der Waals surface area contributed by atoms with Crippen LogP contribution in [0.25, 0.3) is 22.5 Å². The molecule has 38 heavy (non-hydrogen) atoms. The van der Waals surface area contributed by atoms with Crippen LogP contribution in [0, 0.1) is 5.82 Å². The maximum absolute atomic E-state index is 15.7. The summed E-state index contributed by atoms with van der Waals surface area (Å²) in [5, 5.41) is 1.45. The molecule has 0 radical (unpaired) electrons. The van der Waals surface area contributed by atoms with Gasteiger partial charge in [-0.25, -0.2) is 23.6 Å². The quantitative estimate of drug-likeness (QED) is 0.184. The van der Waals surface area contributed by atoms with E-state index < -0.39 is 27.5 Å². The number of nitrogens with zero attached hydrogens (tertiary/aromatic N) is 3. The van der Waals surface area contributed by atoms with E-state index in [2.05, 4.69) is 4.98 Å². The fourth-order valence-electron chi connectivity index (χ4n) is 3.75. The van der Waals surface area contributed by atoms with Crippen LogP contribution in [0.1, 0.15) is 11.3 Å². The molecule has 4 aromatic rings. The topological polar surface area (TPSA) is 107 Å². The molecule has 0 spiro atoms. The molecule has 0 saturated carbocycles. The molecule has 3 aromatic carbocycles. The van der Waals surface area contributed by atoms with Crippen LogP contribution in [0.15, 0.2) is 84.3 Å². The number of hydrogen-bond acceptors (Lipinski definition) is 6. The Morgan fingerprint density at radius 2 is 1.76 bits per heavy atom. The van der Waals surface area contributed by atoms with Gasteiger partial charge in [0.25, 0.3) is 0 Å². The van der Waals surface area contributed by atoms with Gasteiger partial charge in [-0.3, -0.25) is 5.01 Å². The number of anilines is 1. The fraction of sp³-hybridized carbons (Fsp3) is 0.0800. The lowest BCUT2D eigenvalue weighted by Crippen LogP contribution is -2.31. The third kappa shape index (κ3) is 5.52. The third-order valence-electron chi connectivity index (χ3n) is 5.59. The SMILES string of the molecule is CS(=O)(=O)c1cccc(-c2cc(F)c(-n3cnc(C(F)(F)F)c3)c(N(N)/C(=C\N)c3ccc(Cl)cc3)c2)c1. The van der Waals surface area contributed by atoms with Gasteiger partial charge >= 0.3 is 6.18 Å². The fourth-order valence-corrected chi connectivity index (χ4v) is 4.55. The number of hydrazine groups is 1. The highest BCUT2D eigenvalue weighted by Crippen LogP contribution is 2.37. The second-order valence-electron chi connectivity index (χ2n) is 8.22. The maximum atomic E-state index is 15.7. The van der Waals surface area contributed by atoms with Gasteiger partial charge in [0.1, 0.15) is 17.8 Å². The molecule has 0 saturated heterocycles. The summed E-state index contributed by atoms with van der Waals surface area (Å²) in [7, 11) is -3.57. The molecule has 0 amide bonds. The first kappa shape index (κ1) is 27.2. The van der Waals surface area contributed by atoms with Gasteiger partial charge in [0.05, 0.1) is 16.3 Å². The summed E-state index contributed by atoms with van der Waals surface area (Å²) in [5.41, 5.74) is 5.40. The van der Waals surface area contributed by atoms with E-state index in [9.17, 15) is 21.6 Å². The molecule has 0 fully saturated rings. The van der Waals surface area contributed by atoms with Crippen LogP contribution >= 0.6 is 11.6 Å². The van der Waals surface area contributed by atoms with Crippen LogP contribution in [0.4, 0.5) is 23.2 Å². The summed E-state index contributed by atoms with van der Waals surface area (Å²) in [6.07, 6.45) is -1.13. The Morgan fingerprint density at radius 1 is 1.08 bits per heavy atom. The summed E-state index contributed by atoms with van der Waals surface area (Å²) >= 11 is 5.96. The van der Waals surface area contributed by atoms with Gasteiger partial charge < -0.3 is 10.3 Å². The third-order valence-corrected chi connectivity index (χ3v) is 6.95. The van der Waals surface area contributed by atoms with E-state index in [4.69, 9.17) is 23.2 Å². The average molecular weight is 566 g/mol. The van der Waals surface area contributed by atoms with Gasteiger partial charge in [0.15, 0.2) is 15.5 Å². The lowest BCUT2D eigenvalue weighted by molar-refractivity contribution is -0.140. The van der Waals surface area contributed by atoms with Gasteiger partial charge in [-0.15, -0.1) is 0 Å². The monoisotopic (exact) mass is 565 g/mol. The van der Waals surface area contributed by atoms with E-state index in [1.807, 2.05) is 0 Å². The number of hydrogen-bond donors (Lipinski definition) is 2.